The number of hydrogen-bond donors (Lipinski definition) is 1. The molecule has 41 heavy (non-hydrogen) atoms. The normalized spacial score (nSPS) is 13.4. The van der Waals surface area contributed by atoms with Crippen molar-refractivity contribution in [2.24, 2.45) is 7.05 Å². The van der Waals surface area contributed by atoms with Crippen LogP contribution in [0.3, 0.4) is 0 Å². The zero-order valence-electron chi connectivity index (χ0n) is 23.9. The van der Waals surface area contributed by atoms with Crippen LogP contribution >= 0.6 is 0 Å². The number of fused-ring (bicyclic) bond motifs is 1. The second-order valence-corrected chi connectivity index (χ2v) is 10.1. The number of aryl methyl sites for hydroxylation is 1. The van der Waals surface area contributed by atoms with Crippen molar-refractivity contribution in [1.29, 1.82) is 0 Å². The van der Waals surface area contributed by atoms with Gasteiger partial charge in [0.25, 0.3) is 5.69 Å². The minimum atomic E-state index is -0.394. The number of rotatable bonds is 10. The maximum atomic E-state index is 12.1. The number of nitrogens with one attached hydrogen (secondary N) is 1. The molecule has 0 atom stereocenters. The monoisotopic (exact) mass is 558 g/mol. The Hall–Kier alpha value is -4.55. The molecule has 12 heteroatoms. The summed E-state index contributed by atoms with van der Waals surface area (Å²) in [4.78, 5) is 29.2. The maximum Gasteiger partial charge on any atom is 0.294 e. The lowest BCUT2D eigenvalue weighted by Crippen LogP contribution is -2.28. The van der Waals surface area contributed by atoms with E-state index in [1.54, 1.807) is 6.07 Å². The number of aromatic nitrogens is 4. The molecule has 0 saturated carbocycles. The third-order valence-electron chi connectivity index (χ3n) is 7.20. The fourth-order valence-electron chi connectivity index (χ4n) is 5.08. The minimum Gasteiger partial charge on any atom is -0.494 e. The molecule has 5 rings (SSSR count). The first-order chi connectivity index (χ1) is 19.8. The van der Waals surface area contributed by atoms with Gasteiger partial charge in [-0.3, -0.25) is 10.1 Å². The number of hydrogen-bond acceptors (Lipinski definition) is 10. The van der Waals surface area contributed by atoms with E-state index >= 15 is 0 Å². The van der Waals surface area contributed by atoms with Gasteiger partial charge < -0.3 is 29.2 Å². The van der Waals surface area contributed by atoms with Gasteiger partial charge in [0.2, 0.25) is 5.95 Å². The maximum absolute atomic E-state index is 12.1. The van der Waals surface area contributed by atoms with E-state index < -0.39 is 4.92 Å². The Morgan fingerprint density at radius 2 is 1.98 bits per heavy atom. The number of nitrogens with zero attached hydrogens (tertiary/aromatic N) is 7. The minimum absolute atomic E-state index is 0.0494. The summed E-state index contributed by atoms with van der Waals surface area (Å²) in [5.74, 6) is 1.17. The molecule has 2 aromatic carbocycles. The Bertz CT molecular complexity index is 1610. The quantitative estimate of drug-likeness (QED) is 0.220. The summed E-state index contributed by atoms with van der Waals surface area (Å²) in [6.07, 6.45) is 4.32. The molecule has 0 bridgehead atoms. The molecule has 0 aliphatic carbocycles. The Morgan fingerprint density at radius 3 is 2.68 bits per heavy atom. The molecule has 3 heterocycles. The van der Waals surface area contributed by atoms with Crippen LogP contribution in [0.2, 0.25) is 0 Å². The molecular formula is C29H34N8O4. The molecule has 0 amide bonds. The van der Waals surface area contributed by atoms with Crippen LogP contribution in [0.15, 0.2) is 48.8 Å². The molecule has 12 nitrogen and oxygen atoms in total. The predicted octanol–water partition coefficient (Wildman–Crippen LogP) is 4.49. The predicted molar refractivity (Wildman–Crippen MR) is 160 cm³/mol. The van der Waals surface area contributed by atoms with Crippen LogP contribution in [0.5, 0.6) is 5.75 Å². The van der Waals surface area contributed by atoms with Crippen molar-refractivity contribution in [3.05, 3.63) is 64.6 Å². The zero-order valence-corrected chi connectivity index (χ0v) is 23.9. The van der Waals surface area contributed by atoms with E-state index in [4.69, 9.17) is 14.5 Å². The van der Waals surface area contributed by atoms with Gasteiger partial charge in [-0.15, -0.1) is 0 Å². The third-order valence-corrected chi connectivity index (χ3v) is 7.20. The van der Waals surface area contributed by atoms with Crippen LogP contribution in [0, 0.1) is 10.1 Å². The number of likely N-dealkylation sites (N-methyl/N-ethyl adjacent to an activating group) is 2. The first kappa shape index (κ1) is 28.0. The van der Waals surface area contributed by atoms with E-state index in [9.17, 15) is 10.1 Å². The van der Waals surface area contributed by atoms with Crippen molar-refractivity contribution in [3.63, 3.8) is 0 Å². The second kappa shape index (κ2) is 11.9. The first-order valence-corrected chi connectivity index (χ1v) is 13.3. The highest BCUT2D eigenvalue weighted by Crippen LogP contribution is 2.40. The summed E-state index contributed by atoms with van der Waals surface area (Å²) >= 11 is 0. The lowest BCUT2D eigenvalue weighted by atomic mass is 10.0. The van der Waals surface area contributed by atoms with Gasteiger partial charge >= 0.3 is 0 Å². The molecule has 1 N–H and O–H groups in total. The smallest absolute Gasteiger partial charge is 0.294 e. The van der Waals surface area contributed by atoms with Gasteiger partial charge in [-0.25, -0.2) is 9.97 Å². The van der Waals surface area contributed by atoms with Crippen LogP contribution in [0.4, 0.5) is 23.0 Å². The lowest BCUT2D eigenvalue weighted by Gasteiger charge is -2.22. The molecule has 0 unspecified atom stereocenters. The number of anilines is 3. The summed E-state index contributed by atoms with van der Waals surface area (Å²) in [5.41, 5.74) is 4.96. The molecule has 0 spiro atoms. The van der Waals surface area contributed by atoms with E-state index in [0.29, 0.717) is 42.7 Å². The highest BCUT2D eigenvalue weighted by Gasteiger charge is 2.25. The van der Waals surface area contributed by atoms with Crippen LogP contribution in [-0.4, -0.2) is 83.9 Å². The topological polar surface area (TPSA) is 124 Å². The number of ether oxygens (including phenoxy) is 2. The van der Waals surface area contributed by atoms with Crippen LogP contribution in [-0.2, 0) is 11.8 Å². The zero-order chi connectivity index (χ0) is 29.1. The molecule has 1 aliphatic heterocycles. The van der Waals surface area contributed by atoms with E-state index in [1.165, 1.54) is 25.1 Å². The number of nitro benzene ring substituents is 1. The highest BCUT2D eigenvalue weighted by molar-refractivity contribution is 6.01. The van der Waals surface area contributed by atoms with Gasteiger partial charge in [0.1, 0.15) is 17.8 Å². The van der Waals surface area contributed by atoms with Gasteiger partial charge in [0.05, 0.1) is 42.2 Å². The fourth-order valence-corrected chi connectivity index (χ4v) is 5.08. The molecule has 214 valence electrons. The van der Waals surface area contributed by atoms with Gasteiger partial charge in [-0.2, -0.15) is 4.98 Å². The Balaban J connectivity index is 1.56. The van der Waals surface area contributed by atoms with Crippen molar-refractivity contribution in [2.75, 3.05) is 64.8 Å². The summed E-state index contributed by atoms with van der Waals surface area (Å²) < 4.78 is 13.4. The van der Waals surface area contributed by atoms with E-state index in [0.717, 1.165) is 35.1 Å². The second-order valence-electron chi connectivity index (χ2n) is 10.1. The molecule has 4 aromatic rings. The molecule has 0 saturated heterocycles. The van der Waals surface area contributed by atoms with Crippen molar-refractivity contribution in [3.8, 4) is 17.1 Å². The van der Waals surface area contributed by atoms with Crippen molar-refractivity contribution in [2.45, 2.75) is 6.42 Å². The Labute approximate surface area is 238 Å². The van der Waals surface area contributed by atoms with Gasteiger partial charge in [0.15, 0.2) is 5.82 Å². The molecule has 2 aromatic heterocycles. The summed E-state index contributed by atoms with van der Waals surface area (Å²) in [6.45, 7) is 2.55. The van der Waals surface area contributed by atoms with Crippen molar-refractivity contribution < 1.29 is 14.4 Å². The first-order valence-electron chi connectivity index (χ1n) is 13.3. The highest BCUT2D eigenvalue weighted by atomic mass is 16.6. The van der Waals surface area contributed by atoms with Crippen LogP contribution in [0.1, 0.15) is 12.1 Å². The fraction of sp³-hybridized carbons (Fsp3) is 0.345. The van der Waals surface area contributed by atoms with Gasteiger partial charge in [-0.05, 0) is 32.2 Å². The number of benzene rings is 2. The van der Waals surface area contributed by atoms with Crippen molar-refractivity contribution >= 4 is 39.5 Å². The average Bonchev–Trinajstić information content (AvgIpc) is 3.28. The van der Waals surface area contributed by atoms with E-state index in [2.05, 4.69) is 38.1 Å². The number of methoxy groups -OCH3 is 1. The third kappa shape index (κ3) is 5.70. The molecular weight excluding hydrogens is 524 g/mol. The SMILES string of the molecule is COc1cc(N(C)CCN(C)C)c([N+](=O)[O-])cc1Nc1ncnc(-c2c(C3=CCOCC3)n(C)c3ccccc23)n1. The summed E-state index contributed by atoms with van der Waals surface area (Å²) in [7, 11) is 9.31. The van der Waals surface area contributed by atoms with Crippen LogP contribution < -0.4 is 15.0 Å². The Kier molecular flexibility index (Phi) is 8.13. The molecule has 1 aliphatic rings. The van der Waals surface area contributed by atoms with E-state index in [1.807, 2.05) is 50.1 Å². The van der Waals surface area contributed by atoms with Gasteiger partial charge in [-0.1, -0.05) is 24.3 Å². The average molecular weight is 559 g/mol. The number of nitro groups is 1. The summed E-state index contributed by atoms with van der Waals surface area (Å²) in [5, 5.41) is 16.2. The van der Waals surface area contributed by atoms with Gasteiger partial charge in [0, 0.05) is 50.2 Å². The molecule has 0 fully saturated rings. The van der Waals surface area contributed by atoms with Crippen molar-refractivity contribution in [1.82, 2.24) is 24.4 Å². The lowest BCUT2D eigenvalue weighted by molar-refractivity contribution is -0.384. The summed E-state index contributed by atoms with van der Waals surface area (Å²) in [6, 6.07) is 11.3. The van der Waals surface area contributed by atoms with Crippen LogP contribution in [0.25, 0.3) is 27.9 Å². The molecule has 0 radical (unpaired) electrons. The van der Waals surface area contributed by atoms with E-state index in [-0.39, 0.29) is 11.6 Å². The number of para-hydroxylation sites is 1. The Morgan fingerprint density at radius 1 is 1.17 bits per heavy atom. The largest absolute Gasteiger partial charge is 0.494 e. The standard InChI is InChI=1S/C29H34N8O4/c1-34(2)12-13-35(3)23-17-25(40-5)21(16-24(23)37(38)39)32-29-31-18-30-28(33-29)26-20-8-6-7-9-22(20)36(4)27(26)19-10-14-41-15-11-19/h6-10,16-18H,11-15H2,1-5H3,(H,30,31,32,33).